The van der Waals surface area contributed by atoms with Gasteiger partial charge in [-0.3, -0.25) is 9.59 Å². The Hall–Kier alpha value is -1.88. The highest BCUT2D eigenvalue weighted by Crippen LogP contribution is 2.35. The molecule has 114 valence electrons. The molecule has 1 heterocycles. The number of carboxylic acid groups (broad SMARTS) is 1. The standard InChI is InChI=1S/C16H22N2O3/c1-10(2)9-13(17)15(19)18-8-7-12(16(20)21)11-5-3-4-6-14(11)18/h3-6,10,12-13H,7-9,17H2,1-2H3,(H,20,21). The quantitative estimate of drug-likeness (QED) is 0.888. The number of aliphatic carboxylic acids is 1. The van der Waals surface area contributed by atoms with Crippen LogP contribution >= 0.6 is 0 Å². The molecule has 0 aromatic heterocycles. The first-order chi connectivity index (χ1) is 9.91. The van der Waals surface area contributed by atoms with Crippen LogP contribution in [0.3, 0.4) is 0 Å². The Kier molecular flexibility index (Phi) is 4.63. The SMILES string of the molecule is CC(C)CC(N)C(=O)N1CCC(C(=O)O)c2ccccc21. The van der Waals surface area contributed by atoms with Gasteiger partial charge in [-0.2, -0.15) is 0 Å². The van der Waals surface area contributed by atoms with E-state index >= 15 is 0 Å². The highest BCUT2D eigenvalue weighted by atomic mass is 16.4. The predicted molar refractivity (Wildman–Crippen MR) is 81.2 cm³/mol. The van der Waals surface area contributed by atoms with Crippen molar-refractivity contribution >= 4 is 17.6 Å². The van der Waals surface area contributed by atoms with Crippen molar-refractivity contribution in [2.75, 3.05) is 11.4 Å². The second-order valence-electron chi connectivity index (χ2n) is 5.96. The summed E-state index contributed by atoms with van der Waals surface area (Å²) in [5.41, 5.74) is 7.37. The van der Waals surface area contributed by atoms with Crippen molar-refractivity contribution in [1.29, 1.82) is 0 Å². The normalized spacial score (nSPS) is 19.2. The molecule has 5 heteroatoms. The molecule has 5 nitrogen and oxygen atoms in total. The molecular formula is C16H22N2O3. The van der Waals surface area contributed by atoms with Crippen molar-refractivity contribution in [3.05, 3.63) is 29.8 Å². The van der Waals surface area contributed by atoms with Crippen LogP contribution in [0.4, 0.5) is 5.69 Å². The van der Waals surface area contributed by atoms with E-state index in [2.05, 4.69) is 0 Å². The zero-order valence-electron chi connectivity index (χ0n) is 12.5. The predicted octanol–water partition coefficient (Wildman–Crippen LogP) is 1.96. The van der Waals surface area contributed by atoms with Crippen LogP contribution in [-0.4, -0.2) is 29.6 Å². The van der Waals surface area contributed by atoms with Crippen molar-refractivity contribution in [2.24, 2.45) is 11.7 Å². The molecule has 0 aliphatic carbocycles. The zero-order chi connectivity index (χ0) is 15.6. The van der Waals surface area contributed by atoms with Crippen LogP contribution in [0.5, 0.6) is 0 Å². The number of nitrogens with two attached hydrogens (primary N) is 1. The first-order valence-corrected chi connectivity index (χ1v) is 7.30. The minimum atomic E-state index is -0.846. The van der Waals surface area contributed by atoms with Gasteiger partial charge in [0.1, 0.15) is 0 Å². The lowest BCUT2D eigenvalue weighted by Gasteiger charge is -2.34. The third-order valence-corrected chi connectivity index (χ3v) is 3.85. The summed E-state index contributed by atoms with van der Waals surface area (Å²) in [5.74, 6) is -1.18. The molecule has 1 aromatic carbocycles. The molecule has 0 radical (unpaired) electrons. The third kappa shape index (κ3) is 3.24. The second kappa shape index (κ2) is 6.26. The summed E-state index contributed by atoms with van der Waals surface area (Å²) < 4.78 is 0. The van der Waals surface area contributed by atoms with E-state index in [0.29, 0.717) is 36.6 Å². The highest BCUT2D eigenvalue weighted by Gasteiger charge is 2.33. The lowest BCUT2D eigenvalue weighted by Crippen LogP contribution is -2.47. The molecule has 3 N–H and O–H groups in total. The van der Waals surface area contributed by atoms with Gasteiger partial charge in [0.05, 0.1) is 12.0 Å². The Bertz CT molecular complexity index is 542. The van der Waals surface area contributed by atoms with Gasteiger partial charge in [0, 0.05) is 12.2 Å². The Labute approximate surface area is 124 Å². The van der Waals surface area contributed by atoms with Gasteiger partial charge in [-0.25, -0.2) is 0 Å². The monoisotopic (exact) mass is 290 g/mol. The molecule has 0 saturated heterocycles. The van der Waals surface area contributed by atoms with Crippen LogP contribution in [-0.2, 0) is 9.59 Å². The lowest BCUT2D eigenvalue weighted by molar-refractivity contribution is -0.139. The van der Waals surface area contributed by atoms with Gasteiger partial charge in [-0.05, 0) is 30.4 Å². The van der Waals surface area contributed by atoms with Crippen molar-refractivity contribution in [3.63, 3.8) is 0 Å². The number of hydrogen-bond donors (Lipinski definition) is 2. The Balaban J connectivity index is 2.29. The van der Waals surface area contributed by atoms with Crippen molar-refractivity contribution < 1.29 is 14.7 Å². The van der Waals surface area contributed by atoms with Crippen molar-refractivity contribution in [1.82, 2.24) is 0 Å². The van der Waals surface area contributed by atoms with Crippen molar-refractivity contribution in [2.45, 2.75) is 38.6 Å². The number of nitrogens with zero attached hydrogens (tertiary/aromatic N) is 1. The molecule has 0 spiro atoms. The van der Waals surface area contributed by atoms with E-state index in [9.17, 15) is 14.7 Å². The molecule has 1 aliphatic rings. The summed E-state index contributed by atoms with van der Waals surface area (Å²) in [5, 5.41) is 9.31. The molecule has 0 saturated carbocycles. The first-order valence-electron chi connectivity index (χ1n) is 7.30. The van der Waals surface area contributed by atoms with Gasteiger partial charge >= 0.3 is 5.97 Å². The number of rotatable bonds is 4. The van der Waals surface area contributed by atoms with Crippen LogP contribution in [0.2, 0.25) is 0 Å². The van der Waals surface area contributed by atoms with Gasteiger partial charge in [0.25, 0.3) is 0 Å². The largest absolute Gasteiger partial charge is 0.481 e. The minimum absolute atomic E-state index is 0.125. The van der Waals surface area contributed by atoms with Gasteiger partial charge in [0.15, 0.2) is 0 Å². The molecule has 0 bridgehead atoms. The Morgan fingerprint density at radius 3 is 2.67 bits per heavy atom. The molecule has 0 fully saturated rings. The summed E-state index contributed by atoms with van der Waals surface area (Å²) in [4.78, 5) is 25.5. The fraction of sp³-hybridized carbons (Fsp3) is 0.500. The van der Waals surface area contributed by atoms with Crippen LogP contribution < -0.4 is 10.6 Å². The fourth-order valence-corrected chi connectivity index (χ4v) is 2.86. The van der Waals surface area contributed by atoms with Crippen molar-refractivity contribution in [3.8, 4) is 0 Å². The summed E-state index contributed by atoms with van der Waals surface area (Å²) in [6, 6.07) is 6.65. The molecule has 21 heavy (non-hydrogen) atoms. The number of amides is 1. The van der Waals surface area contributed by atoms with Gasteiger partial charge in [-0.1, -0.05) is 32.0 Å². The molecule has 1 aromatic rings. The molecule has 1 amide bonds. The van der Waals surface area contributed by atoms with Crippen LogP contribution in [0, 0.1) is 5.92 Å². The van der Waals surface area contributed by atoms with Gasteiger partial charge in [-0.15, -0.1) is 0 Å². The number of benzene rings is 1. The third-order valence-electron chi connectivity index (χ3n) is 3.85. The first kappa shape index (κ1) is 15.5. The lowest BCUT2D eigenvalue weighted by atomic mass is 9.89. The zero-order valence-corrected chi connectivity index (χ0v) is 12.5. The molecular weight excluding hydrogens is 268 g/mol. The summed E-state index contributed by atoms with van der Waals surface area (Å²) in [6.45, 7) is 4.45. The highest BCUT2D eigenvalue weighted by molar-refractivity contribution is 5.99. The number of fused-ring (bicyclic) bond motifs is 1. The second-order valence-corrected chi connectivity index (χ2v) is 5.96. The molecule has 1 aliphatic heterocycles. The van der Waals surface area contributed by atoms with Crippen LogP contribution in [0.15, 0.2) is 24.3 Å². The fourth-order valence-electron chi connectivity index (χ4n) is 2.86. The molecule has 2 atom stereocenters. The maximum Gasteiger partial charge on any atom is 0.311 e. The number of carbonyl (C=O) groups excluding carboxylic acids is 1. The number of hydrogen-bond acceptors (Lipinski definition) is 3. The number of carboxylic acids is 1. The van der Waals surface area contributed by atoms with E-state index < -0.39 is 17.9 Å². The van der Waals surface area contributed by atoms with E-state index in [1.807, 2.05) is 19.9 Å². The summed E-state index contributed by atoms with van der Waals surface area (Å²) >= 11 is 0. The maximum atomic E-state index is 12.5. The minimum Gasteiger partial charge on any atom is -0.481 e. The Morgan fingerprint density at radius 1 is 1.38 bits per heavy atom. The van der Waals surface area contributed by atoms with E-state index in [1.165, 1.54) is 0 Å². The van der Waals surface area contributed by atoms with Gasteiger partial charge < -0.3 is 15.7 Å². The number of carbonyl (C=O) groups is 2. The molecule has 2 rings (SSSR count). The average Bonchev–Trinajstić information content (AvgIpc) is 2.44. The Morgan fingerprint density at radius 2 is 2.05 bits per heavy atom. The number of para-hydroxylation sites is 1. The summed E-state index contributed by atoms with van der Waals surface area (Å²) in [6.07, 6.45) is 1.05. The average molecular weight is 290 g/mol. The van der Waals surface area contributed by atoms with E-state index in [1.54, 1.807) is 23.1 Å². The topological polar surface area (TPSA) is 83.6 Å². The van der Waals surface area contributed by atoms with Crippen LogP contribution in [0.1, 0.15) is 38.2 Å². The van der Waals surface area contributed by atoms with Gasteiger partial charge in [0.2, 0.25) is 5.91 Å². The van der Waals surface area contributed by atoms with E-state index in [4.69, 9.17) is 5.73 Å². The van der Waals surface area contributed by atoms with E-state index in [0.717, 1.165) is 0 Å². The smallest absolute Gasteiger partial charge is 0.311 e. The maximum absolute atomic E-state index is 12.5. The van der Waals surface area contributed by atoms with E-state index in [-0.39, 0.29) is 5.91 Å². The number of anilines is 1. The molecule has 2 unspecified atom stereocenters. The van der Waals surface area contributed by atoms with Crippen LogP contribution in [0.25, 0.3) is 0 Å². The summed E-state index contributed by atoms with van der Waals surface area (Å²) in [7, 11) is 0.